The van der Waals surface area contributed by atoms with Crippen molar-refractivity contribution in [2.24, 2.45) is 0 Å². The van der Waals surface area contributed by atoms with Crippen molar-refractivity contribution in [2.45, 2.75) is 11.4 Å². The van der Waals surface area contributed by atoms with Crippen molar-refractivity contribution in [1.29, 1.82) is 0 Å². The number of hydrogen-bond acceptors (Lipinski definition) is 5. The third-order valence-electron chi connectivity index (χ3n) is 2.77. The second kappa shape index (κ2) is 5.98. The Morgan fingerprint density at radius 3 is 2.70 bits per heavy atom. The molecule has 108 valence electrons. The van der Waals surface area contributed by atoms with Crippen molar-refractivity contribution in [2.75, 3.05) is 19.5 Å². The zero-order chi connectivity index (χ0) is 14.6. The van der Waals surface area contributed by atoms with E-state index in [2.05, 4.69) is 10.0 Å². The minimum atomic E-state index is -3.54. The first kappa shape index (κ1) is 14.4. The van der Waals surface area contributed by atoms with Crippen LogP contribution in [-0.4, -0.2) is 22.6 Å². The molecule has 2 aromatic rings. The molecule has 2 rings (SSSR count). The van der Waals surface area contributed by atoms with E-state index in [0.29, 0.717) is 6.54 Å². The lowest BCUT2D eigenvalue weighted by Crippen LogP contribution is -2.19. The van der Waals surface area contributed by atoms with Gasteiger partial charge in [-0.1, -0.05) is 0 Å². The van der Waals surface area contributed by atoms with E-state index >= 15 is 0 Å². The molecule has 0 aliphatic carbocycles. The van der Waals surface area contributed by atoms with Crippen molar-refractivity contribution in [3.05, 3.63) is 42.4 Å². The van der Waals surface area contributed by atoms with Gasteiger partial charge in [0.1, 0.15) is 16.4 Å². The maximum Gasteiger partial charge on any atom is 0.243 e. The predicted octanol–water partition coefficient (Wildman–Crippen LogP) is 1.81. The Labute approximate surface area is 117 Å². The van der Waals surface area contributed by atoms with E-state index in [1.807, 2.05) is 6.07 Å². The lowest BCUT2D eigenvalue weighted by molar-refractivity contribution is 0.402. The van der Waals surface area contributed by atoms with Crippen LogP contribution in [0.5, 0.6) is 5.75 Å². The molecule has 0 saturated carbocycles. The van der Waals surface area contributed by atoms with E-state index in [1.165, 1.54) is 20.2 Å². The molecule has 0 spiro atoms. The largest absolute Gasteiger partial charge is 0.495 e. The minimum absolute atomic E-state index is 0.103. The van der Waals surface area contributed by atoms with Gasteiger partial charge >= 0.3 is 0 Å². The molecular weight excluding hydrogens is 280 g/mol. The van der Waals surface area contributed by atoms with Gasteiger partial charge in [-0.25, -0.2) is 13.1 Å². The van der Waals surface area contributed by atoms with Crippen molar-refractivity contribution in [1.82, 2.24) is 4.72 Å². The van der Waals surface area contributed by atoms with Crippen LogP contribution in [0, 0.1) is 0 Å². The summed E-state index contributed by atoms with van der Waals surface area (Å²) in [5, 5.41) is 3.13. The molecule has 0 atom stereocenters. The van der Waals surface area contributed by atoms with Gasteiger partial charge in [0.05, 0.1) is 19.9 Å². The fourth-order valence-corrected chi connectivity index (χ4v) is 2.59. The van der Waals surface area contributed by atoms with Gasteiger partial charge in [-0.3, -0.25) is 0 Å². The number of anilines is 1. The van der Waals surface area contributed by atoms with E-state index in [0.717, 1.165) is 11.4 Å². The van der Waals surface area contributed by atoms with Crippen molar-refractivity contribution >= 4 is 15.7 Å². The van der Waals surface area contributed by atoms with Gasteiger partial charge in [0, 0.05) is 11.8 Å². The van der Waals surface area contributed by atoms with E-state index in [-0.39, 0.29) is 10.6 Å². The van der Waals surface area contributed by atoms with Gasteiger partial charge in [0.2, 0.25) is 10.0 Å². The molecule has 7 heteroatoms. The van der Waals surface area contributed by atoms with Gasteiger partial charge < -0.3 is 14.5 Å². The smallest absolute Gasteiger partial charge is 0.243 e. The molecule has 0 radical (unpaired) electrons. The van der Waals surface area contributed by atoms with Crippen LogP contribution in [0.2, 0.25) is 0 Å². The van der Waals surface area contributed by atoms with Crippen LogP contribution in [0.4, 0.5) is 5.69 Å². The summed E-state index contributed by atoms with van der Waals surface area (Å²) in [6.07, 6.45) is 1.60. The number of sulfonamides is 1. The summed E-state index contributed by atoms with van der Waals surface area (Å²) in [6, 6.07) is 8.46. The number of hydrogen-bond donors (Lipinski definition) is 2. The molecule has 2 N–H and O–H groups in total. The molecule has 1 heterocycles. The first-order valence-electron chi connectivity index (χ1n) is 5.94. The minimum Gasteiger partial charge on any atom is -0.495 e. The summed E-state index contributed by atoms with van der Waals surface area (Å²) < 4.78 is 36.2. The van der Waals surface area contributed by atoms with Gasteiger partial charge in [-0.05, 0) is 31.3 Å². The second-order valence-corrected chi connectivity index (χ2v) is 5.86. The van der Waals surface area contributed by atoms with Crippen molar-refractivity contribution in [3.63, 3.8) is 0 Å². The molecular formula is C13H16N2O4S. The highest BCUT2D eigenvalue weighted by atomic mass is 32.2. The second-order valence-electron chi connectivity index (χ2n) is 4.01. The van der Waals surface area contributed by atoms with Crippen molar-refractivity contribution < 1.29 is 17.6 Å². The van der Waals surface area contributed by atoms with Crippen LogP contribution in [-0.2, 0) is 16.6 Å². The molecule has 0 aliphatic rings. The molecule has 0 amide bonds. The third kappa shape index (κ3) is 3.12. The number of benzene rings is 1. The molecule has 0 unspecified atom stereocenters. The Hall–Kier alpha value is -1.99. The molecule has 6 nitrogen and oxygen atoms in total. The predicted molar refractivity (Wildman–Crippen MR) is 75.3 cm³/mol. The monoisotopic (exact) mass is 296 g/mol. The summed E-state index contributed by atoms with van der Waals surface area (Å²) in [7, 11) is -0.747. The number of methoxy groups -OCH3 is 1. The summed E-state index contributed by atoms with van der Waals surface area (Å²) in [5.74, 6) is 1.07. The molecule has 1 aromatic carbocycles. The Kier molecular flexibility index (Phi) is 4.31. The van der Waals surface area contributed by atoms with Crippen LogP contribution in [0.1, 0.15) is 5.76 Å². The highest BCUT2D eigenvalue weighted by molar-refractivity contribution is 7.89. The molecule has 20 heavy (non-hydrogen) atoms. The normalized spacial score (nSPS) is 11.3. The van der Waals surface area contributed by atoms with Crippen LogP contribution in [0.3, 0.4) is 0 Å². The maximum atomic E-state index is 11.8. The molecule has 0 bridgehead atoms. The van der Waals surface area contributed by atoms with Crippen LogP contribution >= 0.6 is 0 Å². The maximum absolute atomic E-state index is 11.8. The highest BCUT2D eigenvalue weighted by Crippen LogP contribution is 2.27. The van der Waals surface area contributed by atoms with Gasteiger partial charge in [0.25, 0.3) is 0 Å². The molecule has 0 fully saturated rings. The Balaban J connectivity index is 2.21. The highest BCUT2D eigenvalue weighted by Gasteiger charge is 2.17. The zero-order valence-electron chi connectivity index (χ0n) is 11.2. The lowest BCUT2D eigenvalue weighted by atomic mass is 10.3. The van der Waals surface area contributed by atoms with Crippen molar-refractivity contribution in [3.8, 4) is 5.75 Å². The third-order valence-corrected chi connectivity index (χ3v) is 4.22. The van der Waals surface area contributed by atoms with Gasteiger partial charge in [-0.2, -0.15) is 0 Å². The molecule has 0 saturated heterocycles. The average Bonchev–Trinajstić information content (AvgIpc) is 2.98. The van der Waals surface area contributed by atoms with Gasteiger partial charge in [-0.15, -0.1) is 0 Å². The first-order valence-corrected chi connectivity index (χ1v) is 7.43. The van der Waals surface area contributed by atoms with E-state index < -0.39 is 10.0 Å². The topological polar surface area (TPSA) is 80.6 Å². The number of furan rings is 1. The summed E-state index contributed by atoms with van der Waals surface area (Å²) in [5.41, 5.74) is 0.744. The summed E-state index contributed by atoms with van der Waals surface area (Å²) >= 11 is 0. The van der Waals surface area contributed by atoms with Crippen LogP contribution in [0.25, 0.3) is 0 Å². The first-order chi connectivity index (χ1) is 9.56. The SMILES string of the molecule is CNS(=O)(=O)c1ccc(NCc2ccco2)cc1OC. The average molecular weight is 296 g/mol. The van der Waals surface area contributed by atoms with E-state index in [9.17, 15) is 8.42 Å². The van der Waals surface area contributed by atoms with Crippen LogP contribution < -0.4 is 14.8 Å². The zero-order valence-corrected chi connectivity index (χ0v) is 12.0. The standard InChI is InChI=1S/C13H16N2O4S/c1-14-20(16,17)13-6-5-10(8-12(13)18-2)15-9-11-4-3-7-19-11/h3-8,14-15H,9H2,1-2H3. The Bertz CT molecular complexity index is 666. The fraction of sp³-hybridized carbons (Fsp3) is 0.231. The molecule has 0 aliphatic heterocycles. The van der Waals surface area contributed by atoms with E-state index in [1.54, 1.807) is 24.5 Å². The number of nitrogens with one attached hydrogen (secondary N) is 2. The fourth-order valence-electron chi connectivity index (χ4n) is 1.71. The quantitative estimate of drug-likeness (QED) is 0.849. The van der Waals surface area contributed by atoms with E-state index in [4.69, 9.17) is 9.15 Å². The number of rotatable bonds is 6. The Morgan fingerprint density at radius 1 is 1.30 bits per heavy atom. The molecule has 1 aromatic heterocycles. The van der Waals surface area contributed by atoms with Gasteiger partial charge in [0.15, 0.2) is 0 Å². The van der Waals surface area contributed by atoms with Crippen LogP contribution in [0.15, 0.2) is 45.9 Å². The lowest BCUT2D eigenvalue weighted by Gasteiger charge is -2.11. The summed E-state index contributed by atoms with van der Waals surface area (Å²) in [6.45, 7) is 0.508. The number of ether oxygens (including phenoxy) is 1. The summed E-state index contributed by atoms with van der Waals surface area (Å²) in [4.78, 5) is 0.103. The Morgan fingerprint density at radius 2 is 2.10 bits per heavy atom.